The Kier molecular flexibility index (Phi) is 5.22. The molecule has 4 rings (SSSR count). The van der Waals surface area contributed by atoms with E-state index in [0.29, 0.717) is 18.1 Å². The van der Waals surface area contributed by atoms with E-state index in [1.54, 1.807) is 6.26 Å². The maximum absolute atomic E-state index is 5.83. The molecule has 0 N–H and O–H groups in total. The van der Waals surface area contributed by atoms with Crippen LogP contribution in [0.5, 0.6) is 0 Å². The van der Waals surface area contributed by atoms with Crippen LogP contribution in [0.3, 0.4) is 0 Å². The lowest BCUT2D eigenvalue weighted by Gasteiger charge is -2.43. The lowest BCUT2D eigenvalue weighted by Crippen LogP contribution is -2.52. The largest absolute Gasteiger partial charge is 0.468 e. The van der Waals surface area contributed by atoms with Gasteiger partial charge in [-0.15, -0.1) is 0 Å². The molecule has 134 valence electrons. The van der Waals surface area contributed by atoms with Gasteiger partial charge in [0.2, 0.25) is 0 Å². The lowest BCUT2D eigenvalue weighted by molar-refractivity contribution is -0.0333. The number of nitrogens with zero attached hydrogens (tertiary/aromatic N) is 2. The fourth-order valence-electron chi connectivity index (χ4n) is 4.85. The Morgan fingerprint density at radius 2 is 2.08 bits per heavy atom. The number of methoxy groups -OCH3 is 1. The third-order valence-electron chi connectivity index (χ3n) is 6.15. The van der Waals surface area contributed by atoms with Crippen molar-refractivity contribution in [3.05, 3.63) is 24.2 Å². The molecule has 0 amide bonds. The van der Waals surface area contributed by atoms with Gasteiger partial charge in [0.05, 0.1) is 18.9 Å². The highest BCUT2D eigenvalue weighted by Crippen LogP contribution is 2.34. The number of piperidine rings is 1. The van der Waals surface area contributed by atoms with Gasteiger partial charge >= 0.3 is 0 Å². The Morgan fingerprint density at radius 3 is 2.83 bits per heavy atom. The van der Waals surface area contributed by atoms with Crippen LogP contribution in [0.15, 0.2) is 22.8 Å². The first kappa shape index (κ1) is 16.6. The van der Waals surface area contributed by atoms with Gasteiger partial charge < -0.3 is 13.9 Å². The van der Waals surface area contributed by atoms with Crippen molar-refractivity contribution in [3.8, 4) is 0 Å². The highest BCUT2D eigenvalue weighted by molar-refractivity contribution is 5.03. The zero-order valence-electron chi connectivity index (χ0n) is 14.7. The predicted octanol–water partition coefficient (Wildman–Crippen LogP) is 2.23. The molecule has 24 heavy (non-hydrogen) atoms. The number of fused-ring (bicyclic) bond motifs is 1. The van der Waals surface area contributed by atoms with Crippen LogP contribution in [0.1, 0.15) is 25.0 Å². The summed E-state index contributed by atoms with van der Waals surface area (Å²) in [7, 11) is 1.88. The predicted molar refractivity (Wildman–Crippen MR) is 91.8 cm³/mol. The normalized spacial score (nSPS) is 33.0. The average molecular weight is 334 g/mol. The summed E-state index contributed by atoms with van der Waals surface area (Å²) in [6.07, 6.45) is 5.78. The Balaban J connectivity index is 1.41. The molecule has 3 aliphatic heterocycles. The second-order valence-corrected chi connectivity index (χ2v) is 7.62. The summed E-state index contributed by atoms with van der Waals surface area (Å²) in [4.78, 5) is 5.29. The average Bonchev–Trinajstić information content (AvgIpc) is 3.26. The standard InChI is InChI=1S/C19H30N2O3/c1-22-19-4-7-21(11-15-5-9-23-10-6-15)18-14-20(13-17(18)19)12-16-3-2-8-24-16/h2-3,8,15,17-19H,4-7,9-14H2,1H3/t17-,18+,19-/m1/s1. The van der Waals surface area contributed by atoms with Gasteiger partial charge in [-0.05, 0) is 37.3 Å². The van der Waals surface area contributed by atoms with E-state index >= 15 is 0 Å². The zero-order chi connectivity index (χ0) is 16.4. The molecule has 5 nitrogen and oxygen atoms in total. The van der Waals surface area contributed by atoms with Crippen LogP contribution in [0.2, 0.25) is 0 Å². The van der Waals surface area contributed by atoms with Gasteiger partial charge in [-0.3, -0.25) is 9.80 Å². The van der Waals surface area contributed by atoms with E-state index in [4.69, 9.17) is 13.9 Å². The number of ether oxygens (including phenoxy) is 2. The number of hydrogen-bond donors (Lipinski definition) is 0. The van der Waals surface area contributed by atoms with Crippen molar-refractivity contribution >= 4 is 0 Å². The number of furan rings is 1. The van der Waals surface area contributed by atoms with Gasteiger partial charge in [0.1, 0.15) is 5.76 Å². The van der Waals surface area contributed by atoms with Gasteiger partial charge in [0, 0.05) is 58.5 Å². The van der Waals surface area contributed by atoms with E-state index in [0.717, 1.165) is 50.9 Å². The van der Waals surface area contributed by atoms with E-state index in [1.807, 2.05) is 13.2 Å². The number of likely N-dealkylation sites (tertiary alicyclic amines) is 2. The molecule has 0 radical (unpaired) electrons. The molecule has 0 bridgehead atoms. The minimum Gasteiger partial charge on any atom is -0.468 e. The number of rotatable bonds is 5. The summed E-state index contributed by atoms with van der Waals surface area (Å²) in [6.45, 7) is 7.46. The summed E-state index contributed by atoms with van der Waals surface area (Å²) >= 11 is 0. The van der Waals surface area contributed by atoms with Crippen LogP contribution in [-0.4, -0.2) is 68.4 Å². The van der Waals surface area contributed by atoms with Gasteiger partial charge in [-0.2, -0.15) is 0 Å². The fourth-order valence-corrected chi connectivity index (χ4v) is 4.85. The van der Waals surface area contributed by atoms with Crippen LogP contribution in [0.25, 0.3) is 0 Å². The van der Waals surface area contributed by atoms with Crippen molar-refractivity contribution < 1.29 is 13.9 Å². The molecule has 1 aromatic rings. The Hall–Kier alpha value is -0.880. The summed E-state index contributed by atoms with van der Waals surface area (Å²) in [5, 5.41) is 0. The lowest BCUT2D eigenvalue weighted by atomic mass is 9.87. The molecule has 3 atom stereocenters. The van der Waals surface area contributed by atoms with Crippen molar-refractivity contribution in [1.29, 1.82) is 0 Å². The van der Waals surface area contributed by atoms with Crippen LogP contribution in [0, 0.1) is 11.8 Å². The molecule has 0 aromatic carbocycles. The van der Waals surface area contributed by atoms with Gasteiger partial charge in [-0.1, -0.05) is 0 Å². The first-order valence-electron chi connectivity index (χ1n) is 9.43. The Bertz CT molecular complexity index is 501. The molecule has 3 aliphatic rings. The van der Waals surface area contributed by atoms with E-state index < -0.39 is 0 Å². The highest BCUT2D eigenvalue weighted by Gasteiger charge is 2.44. The summed E-state index contributed by atoms with van der Waals surface area (Å²) < 4.78 is 16.9. The van der Waals surface area contributed by atoms with Crippen LogP contribution < -0.4 is 0 Å². The van der Waals surface area contributed by atoms with Crippen molar-refractivity contribution in [2.75, 3.05) is 46.5 Å². The Labute approximate surface area is 144 Å². The minimum atomic E-state index is 0.405. The zero-order valence-corrected chi connectivity index (χ0v) is 14.7. The molecule has 0 unspecified atom stereocenters. The van der Waals surface area contributed by atoms with E-state index in [9.17, 15) is 0 Å². The SMILES string of the molecule is CO[C@@H]1CCN(CC2CCOCC2)[C@H]2CN(Cc3ccco3)C[C@@H]12. The van der Waals surface area contributed by atoms with Crippen molar-refractivity contribution in [2.24, 2.45) is 11.8 Å². The molecule has 0 spiro atoms. The summed E-state index contributed by atoms with van der Waals surface area (Å²) in [5.74, 6) is 2.50. The molecular weight excluding hydrogens is 304 g/mol. The van der Waals surface area contributed by atoms with Gasteiger partial charge in [0.25, 0.3) is 0 Å². The molecule has 0 aliphatic carbocycles. The van der Waals surface area contributed by atoms with Gasteiger partial charge in [0.15, 0.2) is 0 Å². The molecule has 0 saturated carbocycles. The van der Waals surface area contributed by atoms with Crippen molar-refractivity contribution in [2.45, 2.75) is 38.0 Å². The number of hydrogen-bond acceptors (Lipinski definition) is 5. The second-order valence-electron chi connectivity index (χ2n) is 7.62. The minimum absolute atomic E-state index is 0.405. The van der Waals surface area contributed by atoms with Gasteiger partial charge in [-0.25, -0.2) is 0 Å². The first-order valence-corrected chi connectivity index (χ1v) is 9.43. The summed E-state index contributed by atoms with van der Waals surface area (Å²) in [6, 6.07) is 4.69. The Morgan fingerprint density at radius 1 is 1.21 bits per heavy atom. The molecule has 1 aromatic heterocycles. The van der Waals surface area contributed by atoms with Crippen LogP contribution >= 0.6 is 0 Å². The van der Waals surface area contributed by atoms with E-state index in [-0.39, 0.29) is 0 Å². The highest BCUT2D eigenvalue weighted by atomic mass is 16.5. The smallest absolute Gasteiger partial charge is 0.117 e. The quantitative estimate of drug-likeness (QED) is 0.825. The second kappa shape index (κ2) is 7.56. The molecule has 4 heterocycles. The molecular formula is C19H30N2O3. The monoisotopic (exact) mass is 334 g/mol. The van der Waals surface area contributed by atoms with Crippen LogP contribution in [-0.2, 0) is 16.0 Å². The molecule has 3 saturated heterocycles. The van der Waals surface area contributed by atoms with Crippen molar-refractivity contribution in [1.82, 2.24) is 9.80 Å². The van der Waals surface area contributed by atoms with Crippen molar-refractivity contribution in [3.63, 3.8) is 0 Å². The summed E-state index contributed by atoms with van der Waals surface area (Å²) in [5.41, 5.74) is 0. The van der Waals surface area contributed by atoms with E-state index in [1.165, 1.54) is 25.9 Å². The molecule has 3 fully saturated rings. The topological polar surface area (TPSA) is 38.1 Å². The maximum atomic E-state index is 5.83. The fraction of sp³-hybridized carbons (Fsp3) is 0.789. The third kappa shape index (κ3) is 3.54. The van der Waals surface area contributed by atoms with E-state index in [2.05, 4.69) is 15.9 Å². The van der Waals surface area contributed by atoms with Crippen LogP contribution in [0.4, 0.5) is 0 Å². The maximum Gasteiger partial charge on any atom is 0.117 e. The third-order valence-corrected chi connectivity index (χ3v) is 6.15. The first-order chi connectivity index (χ1) is 11.8. The molecule has 5 heteroatoms.